The number of aryl methyl sites for hydroxylation is 1. The van der Waals surface area contributed by atoms with Gasteiger partial charge < -0.3 is 10.4 Å². The number of pyridine rings is 1. The molecule has 0 amide bonds. The van der Waals surface area contributed by atoms with Gasteiger partial charge in [-0.15, -0.1) is 0 Å². The fourth-order valence-electron chi connectivity index (χ4n) is 3.79. The summed E-state index contributed by atoms with van der Waals surface area (Å²) in [6.07, 6.45) is 3.73. The molecule has 2 heterocycles. The molecule has 0 spiro atoms. The Morgan fingerprint density at radius 2 is 1.96 bits per heavy atom. The summed E-state index contributed by atoms with van der Waals surface area (Å²) >= 11 is 7.16. The molecule has 6 heteroatoms. The zero-order chi connectivity index (χ0) is 16.7. The van der Waals surface area contributed by atoms with Gasteiger partial charge in [-0.25, -0.2) is 0 Å². The van der Waals surface area contributed by atoms with Gasteiger partial charge in [-0.05, 0) is 73.5 Å². The van der Waals surface area contributed by atoms with Crippen molar-refractivity contribution in [1.82, 2.24) is 15.2 Å². The Morgan fingerprint density at radius 3 is 2.75 bits per heavy atom. The number of fused-ring (bicyclic) bond motifs is 2. The van der Waals surface area contributed by atoms with Crippen LogP contribution in [0.5, 0.6) is 5.75 Å². The van der Waals surface area contributed by atoms with E-state index in [0.717, 1.165) is 53.7 Å². The highest BCUT2D eigenvalue weighted by atomic mass is 79.9. The van der Waals surface area contributed by atoms with Crippen molar-refractivity contribution in [2.24, 2.45) is 0 Å². The lowest BCUT2D eigenvalue weighted by Crippen LogP contribution is -2.45. The average Bonchev–Trinajstić information content (AvgIpc) is 2.76. The molecule has 1 atom stereocenters. The van der Waals surface area contributed by atoms with Crippen LogP contribution in [-0.2, 0) is 12.8 Å². The molecule has 0 radical (unpaired) electrons. The largest absolute Gasteiger partial charge is 0.507 e. The Hall–Kier alpha value is -0.950. The number of rotatable bonds is 1. The number of halogens is 2. The van der Waals surface area contributed by atoms with Crippen molar-refractivity contribution in [3.63, 3.8) is 0 Å². The maximum absolute atomic E-state index is 10.1. The van der Waals surface area contributed by atoms with E-state index in [2.05, 4.69) is 54.2 Å². The third kappa shape index (κ3) is 2.90. The zero-order valence-electron chi connectivity index (χ0n) is 13.2. The second kappa shape index (κ2) is 6.75. The summed E-state index contributed by atoms with van der Waals surface area (Å²) in [5.74, 6) is 0.313. The topological polar surface area (TPSA) is 48.4 Å². The van der Waals surface area contributed by atoms with Gasteiger partial charge in [-0.1, -0.05) is 6.07 Å². The van der Waals surface area contributed by atoms with Gasteiger partial charge in [-0.2, -0.15) is 0 Å². The van der Waals surface area contributed by atoms with Crippen molar-refractivity contribution in [2.45, 2.75) is 18.9 Å². The normalized spacial score (nSPS) is 21.0. The number of phenolic OH excluding ortho intramolecular Hbond substituents is 1. The van der Waals surface area contributed by atoms with E-state index in [9.17, 15) is 5.11 Å². The maximum Gasteiger partial charge on any atom is 0.130 e. The van der Waals surface area contributed by atoms with Crippen molar-refractivity contribution >= 4 is 31.9 Å². The number of hydrogen-bond donors (Lipinski definition) is 2. The highest BCUT2D eigenvalue weighted by molar-refractivity contribution is 9.10. The number of piperazine rings is 1. The van der Waals surface area contributed by atoms with E-state index < -0.39 is 0 Å². The first-order valence-corrected chi connectivity index (χ1v) is 9.83. The summed E-state index contributed by atoms with van der Waals surface area (Å²) in [7, 11) is 0. The minimum Gasteiger partial charge on any atom is -0.507 e. The third-order valence-corrected chi connectivity index (χ3v) is 6.26. The number of aromatic hydroxyl groups is 1. The van der Waals surface area contributed by atoms with Crippen LogP contribution < -0.4 is 5.32 Å². The molecule has 1 unspecified atom stereocenters. The SMILES string of the molecule is Oc1ccc2c(c1Br)CCc1cc(Br)cnc1C2N1CCNCC1. The number of hydrogen-bond acceptors (Lipinski definition) is 4. The lowest BCUT2D eigenvalue weighted by molar-refractivity contribution is 0.195. The van der Waals surface area contributed by atoms with Gasteiger partial charge in [0.05, 0.1) is 16.2 Å². The van der Waals surface area contributed by atoms with E-state index in [1.165, 1.54) is 16.7 Å². The van der Waals surface area contributed by atoms with Crippen molar-refractivity contribution in [2.75, 3.05) is 26.2 Å². The molecule has 1 aliphatic carbocycles. The Balaban J connectivity index is 1.90. The highest BCUT2D eigenvalue weighted by Gasteiger charge is 2.32. The molecule has 2 aliphatic rings. The molecule has 4 rings (SSSR count). The average molecular weight is 453 g/mol. The van der Waals surface area contributed by atoms with E-state index in [0.29, 0.717) is 5.75 Å². The zero-order valence-corrected chi connectivity index (χ0v) is 16.4. The van der Waals surface area contributed by atoms with Crippen molar-refractivity contribution in [3.05, 3.63) is 55.7 Å². The van der Waals surface area contributed by atoms with Crippen LogP contribution in [0.4, 0.5) is 0 Å². The molecule has 1 aliphatic heterocycles. The molecular formula is C18H19Br2N3O. The maximum atomic E-state index is 10.1. The van der Waals surface area contributed by atoms with E-state index in [1.54, 1.807) is 6.07 Å². The predicted molar refractivity (Wildman–Crippen MR) is 101 cm³/mol. The van der Waals surface area contributed by atoms with Crippen LogP contribution in [0.1, 0.15) is 28.4 Å². The molecule has 1 fully saturated rings. The minimum absolute atomic E-state index is 0.143. The number of benzene rings is 1. The van der Waals surface area contributed by atoms with E-state index in [1.807, 2.05) is 6.20 Å². The third-order valence-electron chi connectivity index (χ3n) is 4.94. The van der Waals surface area contributed by atoms with Gasteiger partial charge in [0, 0.05) is 36.8 Å². The first kappa shape index (κ1) is 16.5. The van der Waals surface area contributed by atoms with Crippen LogP contribution >= 0.6 is 31.9 Å². The molecule has 24 heavy (non-hydrogen) atoms. The summed E-state index contributed by atoms with van der Waals surface area (Å²) in [4.78, 5) is 7.30. The van der Waals surface area contributed by atoms with E-state index >= 15 is 0 Å². The summed E-state index contributed by atoms with van der Waals surface area (Å²) < 4.78 is 1.85. The monoisotopic (exact) mass is 451 g/mol. The molecule has 1 aromatic carbocycles. The Morgan fingerprint density at radius 1 is 1.17 bits per heavy atom. The van der Waals surface area contributed by atoms with E-state index in [-0.39, 0.29) is 6.04 Å². The van der Waals surface area contributed by atoms with Crippen LogP contribution in [0.25, 0.3) is 0 Å². The molecule has 0 saturated carbocycles. The molecule has 2 aromatic rings. The Labute approximate surface area is 158 Å². The number of nitrogens with one attached hydrogen (secondary N) is 1. The van der Waals surface area contributed by atoms with Gasteiger partial charge in [0.2, 0.25) is 0 Å². The van der Waals surface area contributed by atoms with Gasteiger partial charge in [0.1, 0.15) is 5.75 Å². The van der Waals surface area contributed by atoms with Crippen molar-refractivity contribution in [3.8, 4) is 5.75 Å². The van der Waals surface area contributed by atoms with Crippen LogP contribution in [0.3, 0.4) is 0 Å². The number of aromatic nitrogens is 1. The summed E-state index contributed by atoms with van der Waals surface area (Å²) in [6.45, 7) is 3.99. The standard InChI is InChI=1S/C18H19Br2N3O/c19-12-9-11-1-2-13-14(3-4-15(24)16(13)20)18(17(11)22-10-12)23-7-5-21-6-8-23/h3-4,9-10,18,21,24H,1-2,5-8H2. The van der Waals surface area contributed by atoms with Crippen molar-refractivity contribution < 1.29 is 5.11 Å². The van der Waals surface area contributed by atoms with Crippen LogP contribution in [-0.4, -0.2) is 41.2 Å². The fraction of sp³-hybridized carbons (Fsp3) is 0.389. The fourth-order valence-corrected chi connectivity index (χ4v) is 4.73. The lowest BCUT2D eigenvalue weighted by atomic mass is 9.96. The lowest BCUT2D eigenvalue weighted by Gasteiger charge is -2.36. The van der Waals surface area contributed by atoms with Gasteiger partial charge in [0.25, 0.3) is 0 Å². The predicted octanol–water partition coefficient (Wildman–Crippen LogP) is 3.41. The number of phenols is 1. The van der Waals surface area contributed by atoms with Gasteiger partial charge >= 0.3 is 0 Å². The molecular weight excluding hydrogens is 434 g/mol. The first-order chi connectivity index (χ1) is 11.6. The van der Waals surface area contributed by atoms with E-state index in [4.69, 9.17) is 4.98 Å². The van der Waals surface area contributed by atoms with Crippen LogP contribution in [0, 0.1) is 0 Å². The molecule has 2 N–H and O–H groups in total. The van der Waals surface area contributed by atoms with Crippen molar-refractivity contribution in [1.29, 1.82) is 0 Å². The molecule has 126 valence electrons. The van der Waals surface area contributed by atoms with Crippen LogP contribution in [0.2, 0.25) is 0 Å². The minimum atomic E-state index is 0.143. The first-order valence-electron chi connectivity index (χ1n) is 8.24. The molecule has 1 aromatic heterocycles. The molecule has 1 saturated heterocycles. The second-order valence-corrected chi connectivity index (χ2v) is 8.06. The quantitative estimate of drug-likeness (QED) is 0.696. The second-order valence-electron chi connectivity index (χ2n) is 6.35. The van der Waals surface area contributed by atoms with Gasteiger partial charge in [0.15, 0.2) is 0 Å². The summed E-state index contributed by atoms with van der Waals surface area (Å²) in [5, 5.41) is 13.6. The molecule has 0 bridgehead atoms. The summed E-state index contributed by atoms with van der Waals surface area (Å²) in [5.41, 5.74) is 4.90. The summed E-state index contributed by atoms with van der Waals surface area (Å²) in [6, 6.07) is 6.20. The number of nitrogens with zero attached hydrogens (tertiary/aromatic N) is 2. The molecule has 4 nitrogen and oxygen atoms in total. The van der Waals surface area contributed by atoms with Crippen LogP contribution in [0.15, 0.2) is 33.3 Å². The Bertz CT molecular complexity index is 775. The van der Waals surface area contributed by atoms with Gasteiger partial charge in [-0.3, -0.25) is 9.88 Å². The smallest absolute Gasteiger partial charge is 0.130 e. The Kier molecular flexibility index (Phi) is 4.64. The highest BCUT2D eigenvalue weighted by Crippen LogP contribution is 2.41.